The number of carbonyl (C=O) groups excluding carboxylic acids is 2. The minimum atomic E-state index is -0.437. The lowest BCUT2D eigenvalue weighted by molar-refractivity contribution is -0.128. The first-order valence-corrected chi connectivity index (χ1v) is 7.92. The Morgan fingerprint density at radius 3 is 2.78 bits per heavy atom. The zero-order valence-corrected chi connectivity index (χ0v) is 12.9. The van der Waals surface area contributed by atoms with E-state index in [-0.39, 0.29) is 11.8 Å². The molecule has 0 saturated carbocycles. The third-order valence-corrected chi connectivity index (χ3v) is 4.02. The number of benzene rings is 1. The van der Waals surface area contributed by atoms with E-state index >= 15 is 0 Å². The van der Waals surface area contributed by atoms with Gasteiger partial charge in [-0.25, -0.2) is 0 Å². The van der Waals surface area contributed by atoms with Gasteiger partial charge in [-0.3, -0.25) is 9.59 Å². The smallest absolute Gasteiger partial charge is 0.249 e. The maximum absolute atomic E-state index is 12.6. The van der Waals surface area contributed by atoms with E-state index in [2.05, 4.69) is 5.32 Å². The SMILES string of the molecule is O=C(CCc1ccco1)N[C@@H]1CCCN(c2ccccc2)C1=O. The van der Waals surface area contributed by atoms with Crippen LogP contribution in [0.3, 0.4) is 0 Å². The van der Waals surface area contributed by atoms with Crippen LogP contribution in [0.4, 0.5) is 5.69 Å². The van der Waals surface area contributed by atoms with Gasteiger partial charge < -0.3 is 14.6 Å². The third kappa shape index (κ3) is 3.80. The molecule has 1 saturated heterocycles. The second-order valence-electron chi connectivity index (χ2n) is 5.67. The van der Waals surface area contributed by atoms with Crippen molar-refractivity contribution in [1.82, 2.24) is 5.32 Å². The highest BCUT2D eigenvalue weighted by atomic mass is 16.3. The molecule has 1 atom stereocenters. The Bertz CT molecular complexity index is 652. The predicted molar refractivity (Wildman–Crippen MR) is 87.0 cm³/mol. The summed E-state index contributed by atoms with van der Waals surface area (Å²) in [6, 6.07) is 12.8. The van der Waals surface area contributed by atoms with Crippen molar-refractivity contribution in [2.45, 2.75) is 31.7 Å². The molecule has 0 spiro atoms. The Kier molecular flexibility index (Phi) is 4.76. The van der Waals surface area contributed by atoms with Crippen molar-refractivity contribution >= 4 is 17.5 Å². The number of furan rings is 1. The van der Waals surface area contributed by atoms with E-state index in [1.54, 1.807) is 17.2 Å². The summed E-state index contributed by atoms with van der Waals surface area (Å²) in [4.78, 5) is 26.4. The number of piperidine rings is 1. The molecule has 1 aromatic carbocycles. The lowest BCUT2D eigenvalue weighted by atomic mass is 10.0. The summed E-state index contributed by atoms with van der Waals surface area (Å²) in [5.41, 5.74) is 0.882. The fourth-order valence-electron chi connectivity index (χ4n) is 2.83. The zero-order chi connectivity index (χ0) is 16.1. The van der Waals surface area contributed by atoms with Gasteiger partial charge in [0.15, 0.2) is 0 Å². The zero-order valence-electron chi connectivity index (χ0n) is 12.9. The van der Waals surface area contributed by atoms with Crippen LogP contribution in [-0.2, 0) is 16.0 Å². The van der Waals surface area contributed by atoms with Crippen LogP contribution in [0.1, 0.15) is 25.0 Å². The maximum Gasteiger partial charge on any atom is 0.249 e. The molecule has 1 aromatic heterocycles. The van der Waals surface area contributed by atoms with Crippen molar-refractivity contribution in [2.24, 2.45) is 0 Å². The van der Waals surface area contributed by atoms with E-state index in [0.29, 0.717) is 25.8 Å². The molecular weight excluding hydrogens is 292 g/mol. The molecule has 1 N–H and O–H groups in total. The van der Waals surface area contributed by atoms with E-state index in [1.807, 2.05) is 36.4 Å². The van der Waals surface area contributed by atoms with Gasteiger partial charge in [-0.05, 0) is 37.1 Å². The van der Waals surface area contributed by atoms with E-state index in [1.165, 1.54) is 0 Å². The number of aryl methyl sites for hydroxylation is 1. The van der Waals surface area contributed by atoms with Crippen molar-refractivity contribution in [1.29, 1.82) is 0 Å². The van der Waals surface area contributed by atoms with E-state index in [0.717, 1.165) is 17.9 Å². The van der Waals surface area contributed by atoms with E-state index in [9.17, 15) is 9.59 Å². The standard InChI is InChI=1S/C18H20N2O3/c21-17(11-10-15-8-5-13-23-15)19-16-9-4-12-20(18(16)22)14-6-2-1-3-7-14/h1-3,5-8,13,16H,4,9-12H2,(H,19,21)/t16-/m1/s1. The molecule has 120 valence electrons. The van der Waals surface area contributed by atoms with Gasteiger partial charge in [0.2, 0.25) is 11.8 Å². The van der Waals surface area contributed by atoms with Crippen LogP contribution in [0.2, 0.25) is 0 Å². The Hall–Kier alpha value is -2.56. The van der Waals surface area contributed by atoms with Crippen molar-refractivity contribution in [3.63, 3.8) is 0 Å². The molecule has 2 amide bonds. The first-order valence-electron chi connectivity index (χ1n) is 7.92. The van der Waals surface area contributed by atoms with Gasteiger partial charge in [-0.2, -0.15) is 0 Å². The molecule has 1 aliphatic heterocycles. The van der Waals surface area contributed by atoms with Crippen molar-refractivity contribution in [2.75, 3.05) is 11.4 Å². The van der Waals surface area contributed by atoms with Crippen molar-refractivity contribution in [3.8, 4) is 0 Å². The molecule has 5 nitrogen and oxygen atoms in total. The number of hydrogen-bond donors (Lipinski definition) is 1. The minimum Gasteiger partial charge on any atom is -0.469 e. The number of amides is 2. The molecule has 23 heavy (non-hydrogen) atoms. The highest BCUT2D eigenvalue weighted by Gasteiger charge is 2.30. The number of carbonyl (C=O) groups is 2. The molecule has 1 aliphatic rings. The summed E-state index contributed by atoms with van der Waals surface area (Å²) in [5, 5.41) is 2.86. The van der Waals surface area contributed by atoms with Gasteiger partial charge in [0.05, 0.1) is 6.26 Å². The highest BCUT2D eigenvalue weighted by molar-refractivity contribution is 5.99. The topological polar surface area (TPSA) is 62.6 Å². The summed E-state index contributed by atoms with van der Waals surface area (Å²) in [6.07, 6.45) is 4.03. The molecule has 1 fully saturated rings. The first kappa shape index (κ1) is 15.3. The van der Waals surface area contributed by atoms with Crippen LogP contribution in [0.25, 0.3) is 0 Å². The first-order chi connectivity index (χ1) is 11.2. The molecule has 0 aliphatic carbocycles. The second-order valence-corrected chi connectivity index (χ2v) is 5.67. The number of rotatable bonds is 5. The molecule has 5 heteroatoms. The van der Waals surface area contributed by atoms with Crippen molar-refractivity contribution in [3.05, 3.63) is 54.5 Å². The third-order valence-electron chi connectivity index (χ3n) is 4.02. The van der Waals surface area contributed by atoms with Gasteiger partial charge in [0.1, 0.15) is 11.8 Å². The van der Waals surface area contributed by atoms with E-state index < -0.39 is 6.04 Å². The van der Waals surface area contributed by atoms with Gasteiger partial charge in [-0.1, -0.05) is 18.2 Å². The van der Waals surface area contributed by atoms with Crippen LogP contribution in [-0.4, -0.2) is 24.4 Å². The fourth-order valence-corrected chi connectivity index (χ4v) is 2.83. The van der Waals surface area contributed by atoms with Gasteiger partial charge in [0, 0.05) is 25.1 Å². The lowest BCUT2D eigenvalue weighted by Crippen LogP contribution is -2.52. The molecule has 2 aromatic rings. The summed E-state index contributed by atoms with van der Waals surface area (Å²) in [7, 11) is 0. The Morgan fingerprint density at radius 2 is 2.04 bits per heavy atom. The number of hydrogen-bond acceptors (Lipinski definition) is 3. The van der Waals surface area contributed by atoms with Crippen molar-refractivity contribution < 1.29 is 14.0 Å². The van der Waals surface area contributed by atoms with Gasteiger partial charge >= 0.3 is 0 Å². The molecule has 2 heterocycles. The molecule has 0 radical (unpaired) electrons. The average molecular weight is 312 g/mol. The predicted octanol–water partition coefficient (Wildman–Crippen LogP) is 2.52. The molecule has 0 unspecified atom stereocenters. The largest absolute Gasteiger partial charge is 0.469 e. The summed E-state index contributed by atoms with van der Waals surface area (Å²) < 4.78 is 5.21. The van der Waals surface area contributed by atoms with Crippen LogP contribution in [0, 0.1) is 0 Å². The van der Waals surface area contributed by atoms with Crippen LogP contribution >= 0.6 is 0 Å². The summed E-state index contributed by atoms with van der Waals surface area (Å²) in [6.45, 7) is 0.696. The fraction of sp³-hybridized carbons (Fsp3) is 0.333. The number of nitrogens with one attached hydrogen (secondary N) is 1. The van der Waals surface area contributed by atoms with Gasteiger partial charge in [0.25, 0.3) is 0 Å². The minimum absolute atomic E-state index is 0.0335. The number of nitrogens with zero attached hydrogens (tertiary/aromatic N) is 1. The molecule has 0 bridgehead atoms. The number of para-hydroxylation sites is 1. The summed E-state index contributed by atoms with van der Waals surface area (Å²) in [5.74, 6) is 0.629. The van der Waals surface area contributed by atoms with Crippen LogP contribution in [0.15, 0.2) is 53.1 Å². The maximum atomic E-state index is 12.6. The Labute approximate surface area is 135 Å². The van der Waals surface area contributed by atoms with Gasteiger partial charge in [-0.15, -0.1) is 0 Å². The van der Waals surface area contributed by atoms with Crippen LogP contribution < -0.4 is 10.2 Å². The quantitative estimate of drug-likeness (QED) is 0.923. The highest BCUT2D eigenvalue weighted by Crippen LogP contribution is 2.20. The average Bonchev–Trinajstić information content (AvgIpc) is 3.09. The summed E-state index contributed by atoms with van der Waals surface area (Å²) >= 11 is 0. The Morgan fingerprint density at radius 1 is 1.22 bits per heavy atom. The van der Waals surface area contributed by atoms with Crippen LogP contribution in [0.5, 0.6) is 0 Å². The normalized spacial score (nSPS) is 18.0. The molecular formula is C18H20N2O3. The van der Waals surface area contributed by atoms with E-state index in [4.69, 9.17) is 4.42 Å². The lowest BCUT2D eigenvalue weighted by Gasteiger charge is -2.32. The molecule has 3 rings (SSSR count). The monoisotopic (exact) mass is 312 g/mol. The second kappa shape index (κ2) is 7.13. The number of anilines is 1. The Balaban J connectivity index is 1.57.